The zero-order valence-electron chi connectivity index (χ0n) is 20.7. The number of rotatable bonds is 4. The Kier molecular flexibility index (Phi) is 7.11. The molecule has 4 aliphatic rings. The number of likely N-dealkylation sites (tertiary alicyclic amines) is 1. The third-order valence-electron chi connectivity index (χ3n) is 8.69. The first-order chi connectivity index (χ1) is 16.5. The fraction of sp³-hybridized carbons (Fsp3) is 0.704. The van der Waals surface area contributed by atoms with Crippen LogP contribution in [0.4, 0.5) is 5.69 Å². The number of benzene rings is 1. The summed E-state index contributed by atoms with van der Waals surface area (Å²) in [5, 5.41) is 3.48. The van der Waals surface area contributed by atoms with Crippen LogP contribution < -0.4 is 11.1 Å². The molecule has 3 unspecified atom stereocenters. The number of carbonyl (C=O) groups excluding carboxylic acids is 2. The first-order valence-corrected chi connectivity index (χ1v) is 13.5. The van der Waals surface area contributed by atoms with Crippen molar-refractivity contribution in [3.05, 3.63) is 29.3 Å². The zero-order chi connectivity index (χ0) is 23.7. The van der Waals surface area contributed by atoms with Gasteiger partial charge in [-0.15, -0.1) is 0 Å². The Balaban J connectivity index is 1.25. The number of nitrogens with zero attached hydrogens (tertiary/aromatic N) is 3. The van der Waals surface area contributed by atoms with E-state index in [1.165, 1.54) is 49.7 Å². The van der Waals surface area contributed by atoms with Crippen molar-refractivity contribution in [3.8, 4) is 0 Å². The Bertz CT molecular complexity index is 889. The number of fused-ring (bicyclic) bond motifs is 1. The molecule has 5 rings (SSSR count). The van der Waals surface area contributed by atoms with Crippen LogP contribution in [0.3, 0.4) is 0 Å². The molecule has 1 aliphatic carbocycles. The van der Waals surface area contributed by atoms with E-state index in [0.29, 0.717) is 19.1 Å². The lowest BCUT2D eigenvalue weighted by Crippen LogP contribution is -2.65. The third-order valence-corrected chi connectivity index (χ3v) is 8.69. The van der Waals surface area contributed by atoms with Gasteiger partial charge in [0.05, 0.1) is 12.1 Å². The summed E-state index contributed by atoms with van der Waals surface area (Å²) >= 11 is 0. The molecular weight excluding hydrogens is 426 g/mol. The van der Waals surface area contributed by atoms with Crippen molar-refractivity contribution in [1.29, 1.82) is 0 Å². The van der Waals surface area contributed by atoms with Gasteiger partial charge in [0.15, 0.2) is 0 Å². The van der Waals surface area contributed by atoms with E-state index in [0.717, 1.165) is 44.6 Å². The predicted octanol–water partition coefficient (Wildman–Crippen LogP) is 2.72. The largest absolute Gasteiger partial charge is 0.373 e. The van der Waals surface area contributed by atoms with Crippen LogP contribution in [0.2, 0.25) is 0 Å². The van der Waals surface area contributed by atoms with Crippen molar-refractivity contribution in [3.63, 3.8) is 0 Å². The maximum atomic E-state index is 13.3. The van der Waals surface area contributed by atoms with E-state index in [1.807, 2.05) is 4.90 Å². The van der Waals surface area contributed by atoms with Crippen LogP contribution in [-0.4, -0.2) is 77.5 Å². The maximum Gasteiger partial charge on any atom is 0.245 e. The minimum absolute atomic E-state index is 0.0862. The normalized spacial score (nSPS) is 29.3. The molecule has 7 nitrogen and oxygen atoms in total. The summed E-state index contributed by atoms with van der Waals surface area (Å²) in [5.41, 5.74) is 9.50. The van der Waals surface area contributed by atoms with Crippen molar-refractivity contribution in [1.82, 2.24) is 14.7 Å². The molecule has 3 fully saturated rings. The predicted molar refractivity (Wildman–Crippen MR) is 134 cm³/mol. The van der Waals surface area contributed by atoms with Gasteiger partial charge in [-0.2, -0.15) is 0 Å². The molecule has 1 saturated carbocycles. The standard InChI is InChI=1S/C27H41N5O2/c1-19-8-6-9-20-18-23(29-24(19)20)27(34)31-16-14-30(15-17-31)26-22(25(28)33)12-7-13-32(26)21-10-4-2-3-5-11-21/h6,8-9,21-23,26,29H,2-5,7,10-18H2,1H3,(H2,28,33). The number of anilines is 1. The van der Waals surface area contributed by atoms with Gasteiger partial charge in [-0.25, -0.2) is 0 Å². The summed E-state index contributed by atoms with van der Waals surface area (Å²) in [7, 11) is 0. The van der Waals surface area contributed by atoms with Crippen molar-refractivity contribution in [2.45, 2.75) is 83.0 Å². The lowest BCUT2D eigenvalue weighted by Gasteiger charge is -2.51. The molecule has 1 aromatic rings. The van der Waals surface area contributed by atoms with Gasteiger partial charge in [-0.05, 0) is 50.3 Å². The van der Waals surface area contributed by atoms with Crippen LogP contribution in [0.15, 0.2) is 18.2 Å². The quantitative estimate of drug-likeness (QED) is 0.666. The Morgan fingerprint density at radius 3 is 2.35 bits per heavy atom. The van der Waals surface area contributed by atoms with Gasteiger partial charge in [-0.3, -0.25) is 19.4 Å². The van der Waals surface area contributed by atoms with Crippen molar-refractivity contribution in [2.75, 3.05) is 38.0 Å². The minimum atomic E-state index is -0.168. The summed E-state index contributed by atoms with van der Waals surface area (Å²) in [4.78, 5) is 32.9. The van der Waals surface area contributed by atoms with E-state index in [1.54, 1.807) is 0 Å². The first kappa shape index (κ1) is 23.6. The molecule has 7 heteroatoms. The summed E-state index contributed by atoms with van der Waals surface area (Å²) in [6.45, 7) is 6.20. The lowest BCUT2D eigenvalue weighted by atomic mass is 9.89. The molecular formula is C27H41N5O2. The Labute approximate surface area is 204 Å². The van der Waals surface area contributed by atoms with Crippen LogP contribution in [-0.2, 0) is 16.0 Å². The highest BCUT2D eigenvalue weighted by Gasteiger charge is 2.43. The summed E-state index contributed by atoms with van der Waals surface area (Å²) in [6, 6.07) is 6.67. The molecule has 2 amide bonds. The molecule has 3 N–H and O–H groups in total. The summed E-state index contributed by atoms with van der Waals surface area (Å²) in [6.07, 6.45) is 10.5. The number of piperazine rings is 1. The SMILES string of the molecule is Cc1cccc2c1NC(C(=O)N1CCN(C3C(C(N)=O)CCCN3C3CCCCCC3)CC1)C2. The van der Waals surface area contributed by atoms with Crippen molar-refractivity contribution in [2.24, 2.45) is 11.7 Å². The number of hydrogen-bond acceptors (Lipinski definition) is 5. The Morgan fingerprint density at radius 2 is 1.68 bits per heavy atom. The van der Waals surface area contributed by atoms with E-state index < -0.39 is 0 Å². The van der Waals surface area contributed by atoms with E-state index in [9.17, 15) is 9.59 Å². The van der Waals surface area contributed by atoms with Gasteiger partial charge < -0.3 is 16.0 Å². The highest BCUT2D eigenvalue weighted by atomic mass is 16.2. The molecule has 0 spiro atoms. The number of aryl methyl sites for hydroxylation is 1. The van der Waals surface area contributed by atoms with Crippen LogP contribution in [0, 0.1) is 12.8 Å². The van der Waals surface area contributed by atoms with Gasteiger partial charge in [0.25, 0.3) is 0 Å². The molecule has 0 bridgehead atoms. The number of primary amides is 1. The molecule has 3 aliphatic heterocycles. The van der Waals surface area contributed by atoms with Crippen LogP contribution >= 0.6 is 0 Å². The summed E-state index contributed by atoms with van der Waals surface area (Å²) in [5.74, 6) is -0.0793. The number of para-hydroxylation sites is 1. The van der Waals surface area contributed by atoms with E-state index in [2.05, 4.69) is 40.2 Å². The van der Waals surface area contributed by atoms with Gasteiger partial charge in [0, 0.05) is 44.3 Å². The smallest absolute Gasteiger partial charge is 0.245 e. The minimum Gasteiger partial charge on any atom is -0.373 e. The maximum absolute atomic E-state index is 13.3. The molecule has 3 atom stereocenters. The summed E-state index contributed by atoms with van der Waals surface area (Å²) < 4.78 is 0. The second-order valence-electron chi connectivity index (χ2n) is 10.8. The van der Waals surface area contributed by atoms with Crippen LogP contribution in [0.1, 0.15) is 62.5 Å². The van der Waals surface area contributed by atoms with Crippen LogP contribution in [0.25, 0.3) is 0 Å². The highest BCUT2D eigenvalue weighted by Crippen LogP contribution is 2.34. The molecule has 0 aromatic heterocycles. The van der Waals surface area contributed by atoms with Crippen molar-refractivity contribution < 1.29 is 9.59 Å². The monoisotopic (exact) mass is 467 g/mol. The van der Waals surface area contributed by atoms with Gasteiger partial charge >= 0.3 is 0 Å². The zero-order valence-corrected chi connectivity index (χ0v) is 20.7. The topological polar surface area (TPSA) is 81.9 Å². The third kappa shape index (κ3) is 4.69. The number of nitrogens with two attached hydrogens (primary N) is 1. The first-order valence-electron chi connectivity index (χ1n) is 13.5. The number of amides is 2. The second kappa shape index (κ2) is 10.2. The number of hydrogen-bond donors (Lipinski definition) is 2. The molecule has 0 radical (unpaired) electrons. The van der Waals surface area contributed by atoms with E-state index >= 15 is 0 Å². The van der Waals surface area contributed by atoms with Crippen LogP contribution in [0.5, 0.6) is 0 Å². The molecule has 1 aromatic carbocycles. The van der Waals surface area contributed by atoms with Gasteiger partial charge in [-0.1, -0.05) is 43.9 Å². The van der Waals surface area contributed by atoms with E-state index in [-0.39, 0.29) is 29.9 Å². The Hall–Kier alpha value is -2.12. The average Bonchev–Trinajstić information content (AvgIpc) is 3.11. The number of piperidine rings is 1. The molecule has 186 valence electrons. The highest BCUT2D eigenvalue weighted by molar-refractivity contribution is 5.88. The second-order valence-corrected chi connectivity index (χ2v) is 10.8. The van der Waals surface area contributed by atoms with Gasteiger partial charge in [0.2, 0.25) is 11.8 Å². The molecule has 3 heterocycles. The molecule has 2 saturated heterocycles. The Morgan fingerprint density at radius 1 is 0.941 bits per heavy atom. The lowest BCUT2D eigenvalue weighted by molar-refractivity contribution is -0.141. The van der Waals surface area contributed by atoms with E-state index in [4.69, 9.17) is 5.73 Å². The number of carbonyl (C=O) groups is 2. The average molecular weight is 468 g/mol. The fourth-order valence-electron chi connectivity index (χ4n) is 6.87. The number of nitrogens with one attached hydrogen (secondary N) is 1. The fourth-order valence-corrected chi connectivity index (χ4v) is 6.87. The van der Waals surface area contributed by atoms with Crippen molar-refractivity contribution >= 4 is 17.5 Å². The molecule has 34 heavy (non-hydrogen) atoms. The van der Waals surface area contributed by atoms with Gasteiger partial charge in [0.1, 0.15) is 6.04 Å².